The number of hydrogen-bond donors (Lipinski definition) is 0. The predicted octanol–water partition coefficient (Wildman–Crippen LogP) is 5.55. The van der Waals surface area contributed by atoms with E-state index in [2.05, 4.69) is 22.8 Å². The largest absolute Gasteiger partial charge is 0.460 e. The van der Waals surface area contributed by atoms with Gasteiger partial charge in [0.25, 0.3) is 5.91 Å². The molecule has 0 bridgehead atoms. The fourth-order valence-corrected chi connectivity index (χ4v) is 6.37. The van der Waals surface area contributed by atoms with E-state index in [0.29, 0.717) is 19.6 Å². The number of aryl methyl sites for hydroxylation is 1. The van der Waals surface area contributed by atoms with Gasteiger partial charge in [-0.1, -0.05) is 17.7 Å². The third kappa shape index (κ3) is 7.36. The molecule has 0 radical (unpaired) electrons. The van der Waals surface area contributed by atoms with Crippen molar-refractivity contribution in [3.8, 4) is 0 Å². The van der Waals surface area contributed by atoms with Crippen LogP contribution in [0.3, 0.4) is 0 Å². The molecule has 4 rings (SSSR count). The topological polar surface area (TPSA) is 79.4 Å². The van der Waals surface area contributed by atoms with Crippen molar-refractivity contribution in [1.82, 2.24) is 14.7 Å². The van der Waals surface area contributed by atoms with E-state index in [1.807, 2.05) is 53.7 Å². The van der Waals surface area contributed by atoms with Gasteiger partial charge in [0.05, 0.1) is 5.92 Å². The number of carbonyl (C=O) groups is 3. The molecule has 3 heterocycles. The molecule has 1 aromatic carbocycles. The van der Waals surface area contributed by atoms with Gasteiger partial charge in [-0.05, 0) is 112 Å². The zero-order valence-corrected chi connectivity index (χ0v) is 25.7. The number of likely N-dealkylation sites (tertiary alicyclic amines) is 3. The zero-order chi connectivity index (χ0) is 29.3. The van der Waals surface area contributed by atoms with Gasteiger partial charge in [0.15, 0.2) is 0 Å². The van der Waals surface area contributed by atoms with E-state index in [0.717, 1.165) is 74.8 Å². The Morgan fingerprint density at radius 2 is 1.50 bits per heavy atom. The van der Waals surface area contributed by atoms with E-state index in [9.17, 15) is 14.4 Å². The van der Waals surface area contributed by atoms with Crippen LogP contribution in [0.15, 0.2) is 18.2 Å². The van der Waals surface area contributed by atoms with Gasteiger partial charge in [-0.25, -0.2) is 4.79 Å². The lowest BCUT2D eigenvalue weighted by Gasteiger charge is -2.45. The van der Waals surface area contributed by atoms with Gasteiger partial charge in [-0.3, -0.25) is 14.5 Å². The highest BCUT2D eigenvalue weighted by Crippen LogP contribution is 2.40. The Balaban J connectivity index is 1.41. The van der Waals surface area contributed by atoms with E-state index < -0.39 is 11.2 Å². The Bertz CT molecular complexity index is 1090. The van der Waals surface area contributed by atoms with Crippen LogP contribution in [-0.4, -0.2) is 82.1 Å². The number of hydrogen-bond acceptors (Lipinski definition) is 6. The van der Waals surface area contributed by atoms with Crippen LogP contribution < -0.4 is 0 Å². The molecular weight excluding hydrogens is 506 g/mol. The fourth-order valence-electron chi connectivity index (χ4n) is 6.37. The smallest absolute Gasteiger partial charge is 0.410 e. The lowest BCUT2D eigenvalue weighted by molar-refractivity contribution is -0.161. The molecule has 8 heteroatoms. The first-order valence-corrected chi connectivity index (χ1v) is 15.0. The monoisotopic (exact) mass is 555 g/mol. The van der Waals surface area contributed by atoms with E-state index in [4.69, 9.17) is 9.47 Å². The summed E-state index contributed by atoms with van der Waals surface area (Å²) in [5.41, 5.74) is 1.77. The van der Waals surface area contributed by atoms with Gasteiger partial charge in [-0.15, -0.1) is 0 Å². The SMILES string of the molecule is Cc1ccc(C(=O)N2CCCC23CCN(C(=O)OC(C)(C)C)CC3)c(CN2CCC(C(=O)OC(C)(C)C)CC2)c1. The number of amides is 2. The third-order valence-electron chi connectivity index (χ3n) is 8.40. The van der Waals surface area contributed by atoms with Crippen LogP contribution in [0.4, 0.5) is 4.79 Å². The quantitative estimate of drug-likeness (QED) is 0.453. The highest BCUT2D eigenvalue weighted by Gasteiger charge is 2.47. The minimum absolute atomic E-state index is 0.0647. The lowest BCUT2D eigenvalue weighted by Crippen LogP contribution is -2.55. The summed E-state index contributed by atoms with van der Waals surface area (Å²) in [5.74, 6) is -0.0671. The van der Waals surface area contributed by atoms with Crippen molar-refractivity contribution in [1.29, 1.82) is 0 Å². The average Bonchev–Trinajstić information content (AvgIpc) is 3.25. The number of benzene rings is 1. The van der Waals surface area contributed by atoms with Crippen LogP contribution in [0.25, 0.3) is 0 Å². The van der Waals surface area contributed by atoms with E-state index in [1.54, 1.807) is 4.90 Å². The maximum atomic E-state index is 14.1. The Kier molecular flexibility index (Phi) is 8.88. The highest BCUT2D eigenvalue weighted by molar-refractivity contribution is 5.96. The van der Waals surface area contributed by atoms with Crippen LogP contribution in [0.5, 0.6) is 0 Å². The molecule has 2 amide bonds. The fraction of sp³-hybridized carbons (Fsp3) is 0.719. The van der Waals surface area contributed by atoms with E-state index >= 15 is 0 Å². The molecule has 0 saturated carbocycles. The minimum Gasteiger partial charge on any atom is -0.460 e. The first-order chi connectivity index (χ1) is 18.7. The van der Waals surface area contributed by atoms with E-state index in [1.165, 1.54) is 0 Å². The van der Waals surface area contributed by atoms with Gasteiger partial charge >= 0.3 is 12.1 Å². The number of carbonyl (C=O) groups excluding carboxylic acids is 3. The van der Waals surface area contributed by atoms with Crippen molar-refractivity contribution >= 4 is 18.0 Å². The van der Waals surface area contributed by atoms with Crippen LogP contribution >= 0.6 is 0 Å². The van der Waals surface area contributed by atoms with E-state index in [-0.39, 0.29) is 29.4 Å². The van der Waals surface area contributed by atoms with Crippen molar-refractivity contribution in [3.05, 3.63) is 34.9 Å². The lowest BCUT2D eigenvalue weighted by atomic mass is 9.84. The molecule has 40 heavy (non-hydrogen) atoms. The first-order valence-electron chi connectivity index (χ1n) is 15.0. The van der Waals surface area contributed by atoms with Gasteiger partial charge in [0.1, 0.15) is 11.2 Å². The van der Waals surface area contributed by atoms with Gasteiger partial charge in [0.2, 0.25) is 0 Å². The number of ether oxygens (including phenoxy) is 2. The summed E-state index contributed by atoms with van der Waals surface area (Å²) < 4.78 is 11.2. The molecule has 0 atom stereocenters. The van der Waals surface area contributed by atoms with Crippen LogP contribution in [0.2, 0.25) is 0 Å². The van der Waals surface area contributed by atoms with Crippen molar-refractivity contribution in [2.45, 2.75) is 110 Å². The number of esters is 1. The summed E-state index contributed by atoms with van der Waals surface area (Å²) in [5, 5.41) is 0. The second-order valence-electron chi connectivity index (χ2n) is 14.0. The molecule has 3 aliphatic heterocycles. The van der Waals surface area contributed by atoms with Crippen LogP contribution in [-0.2, 0) is 20.8 Å². The summed E-state index contributed by atoms with van der Waals surface area (Å²) in [6, 6.07) is 6.16. The second kappa shape index (κ2) is 11.7. The number of nitrogens with zero attached hydrogens (tertiary/aromatic N) is 3. The summed E-state index contributed by atoms with van der Waals surface area (Å²) >= 11 is 0. The summed E-state index contributed by atoms with van der Waals surface area (Å²) in [6.45, 7) is 17.7. The van der Waals surface area contributed by atoms with Crippen molar-refractivity contribution < 1.29 is 23.9 Å². The normalized spacial score (nSPS) is 20.6. The van der Waals surface area contributed by atoms with Gasteiger partial charge in [-0.2, -0.15) is 0 Å². The maximum absolute atomic E-state index is 14.1. The maximum Gasteiger partial charge on any atom is 0.410 e. The van der Waals surface area contributed by atoms with Gasteiger partial charge < -0.3 is 19.3 Å². The Morgan fingerprint density at radius 3 is 2.10 bits per heavy atom. The van der Waals surface area contributed by atoms with Crippen LogP contribution in [0.1, 0.15) is 102 Å². The molecule has 1 aromatic rings. The summed E-state index contributed by atoms with van der Waals surface area (Å²) in [7, 11) is 0. The molecule has 0 aromatic heterocycles. The second-order valence-corrected chi connectivity index (χ2v) is 14.0. The van der Waals surface area contributed by atoms with Crippen molar-refractivity contribution in [3.63, 3.8) is 0 Å². The molecule has 1 spiro atoms. The van der Waals surface area contributed by atoms with Crippen molar-refractivity contribution in [2.75, 3.05) is 32.7 Å². The number of rotatable bonds is 4. The molecule has 222 valence electrons. The third-order valence-corrected chi connectivity index (χ3v) is 8.40. The molecule has 8 nitrogen and oxygen atoms in total. The Morgan fingerprint density at radius 1 is 0.875 bits per heavy atom. The Labute approximate surface area is 240 Å². The molecule has 0 aliphatic carbocycles. The average molecular weight is 556 g/mol. The summed E-state index contributed by atoms with van der Waals surface area (Å²) in [4.78, 5) is 45.5. The van der Waals surface area contributed by atoms with Crippen molar-refractivity contribution in [2.24, 2.45) is 5.92 Å². The summed E-state index contributed by atoms with van der Waals surface area (Å²) in [6.07, 6.45) is 4.78. The predicted molar refractivity (Wildman–Crippen MR) is 155 cm³/mol. The first kappa shape index (κ1) is 30.4. The molecular formula is C32H49N3O5. The molecule has 3 aliphatic rings. The molecule has 0 unspecified atom stereocenters. The highest BCUT2D eigenvalue weighted by atomic mass is 16.6. The molecule has 3 saturated heterocycles. The molecule has 0 N–H and O–H groups in total. The number of piperidine rings is 2. The molecule has 3 fully saturated rings. The van der Waals surface area contributed by atoms with Crippen LogP contribution in [0, 0.1) is 12.8 Å². The minimum atomic E-state index is -0.519. The zero-order valence-electron chi connectivity index (χ0n) is 25.7. The van der Waals surface area contributed by atoms with Gasteiger partial charge in [0, 0.05) is 37.3 Å². The Hall–Kier alpha value is -2.61. The standard InChI is InChI=1S/C32H49N3O5/c1-23-9-10-26(25(21-23)22-33-17-11-24(12-18-33)28(37)39-30(2,3)4)27(36)35-16-8-13-32(35)14-19-34(20-15-32)29(38)40-31(5,6)7/h9-10,21,24H,8,11-20,22H2,1-7H3.